The van der Waals surface area contributed by atoms with Crippen LogP contribution in [0.4, 0.5) is 4.39 Å². The van der Waals surface area contributed by atoms with E-state index in [-0.39, 0.29) is 5.82 Å². The third-order valence-electron chi connectivity index (χ3n) is 2.35. The predicted octanol–water partition coefficient (Wildman–Crippen LogP) is 3.01. The number of benzene rings is 1. The average molecular weight is 215 g/mol. The number of carbonyl (C=O) groups excluding carboxylic acids is 1. The molecule has 0 unspecified atom stereocenters. The van der Waals surface area contributed by atoms with E-state index in [1.165, 1.54) is 18.2 Å². The van der Waals surface area contributed by atoms with Crippen molar-refractivity contribution in [3.63, 3.8) is 0 Å². The summed E-state index contributed by atoms with van der Waals surface area (Å²) < 4.78 is 13.1. The van der Waals surface area contributed by atoms with E-state index < -0.39 is 0 Å². The number of nitrogens with zero attached hydrogens (tertiary/aromatic N) is 1. The van der Waals surface area contributed by atoms with Crippen molar-refractivity contribution in [3.8, 4) is 11.1 Å². The molecule has 80 valence electrons. The Morgan fingerprint density at radius 1 is 1.25 bits per heavy atom. The van der Waals surface area contributed by atoms with Crippen LogP contribution in [0.1, 0.15) is 16.1 Å². The van der Waals surface area contributed by atoms with Crippen LogP contribution < -0.4 is 0 Å². The molecular weight excluding hydrogens is 205 g/mol. The van der Waals surface area contributed by atoms with Gasteiger partial charge in [-0.05, 0) is 48.4 Å². The lowest BCUT2D eigenvalue weighted by atomic mass is 10.0. The largest absolute Gasteiger partial charge is 0.298 e. The Kier molecular flexibility index (Phi) is 2.77. The molecule has 0 bridgehead atoms. The summed E-state index contributed by atoms with van der Waals surface area (Å²) in [6.45, 7) is 1.85. The molecule has 0 saturated heterocycles. The topological polar surface area (TPSA) is 30.0 Å². The van der Waals surface area contributed by atoms with E-state index in [0.717, 1.165) is 17.5 Å². The lowest BCUT2D eigenvalue weighted by molar-refractivity contribution is 0.112. The minimum absolute atomic E-state index is 0.352. The summed E-state index contributed by atoms with van der Waals surface area (Å²) in [6, 6.07) is 7.70. The van der Waals surface area contributed by atoms with E-state index in [1.54, 1.807) is 12.3 Å². The zero-order chi connectivity index (χ0) is 11.5. The molecule has 0 radical (unpaired) electrons. The van der Waals surface area contributed by atoms with Crippen LogP contribution in [-0.2, 0) is 0 Å². The van der Waals surface area contributed by atoms with Crippen molar-refractivity contribution >= 4 is 6.29 Å². The molecule has 2 aromatic rings. The molecule has 3 heteroatoms. The maximum atomic E-state index is 13.1. The van der Waals surface area contributed by atoms with Crippen molar-refractivity contribution in [1.82, 2.24) is 4.98 Å². The molecule has 16 heavy (non-hydrogen) atoms. The van der Waals surface area contributed by atoms with Gasteiger partial charge in [0.25, 0.3) is 0 Å². The molecule has 0 fully saturated rings. The number of pyridine rings is 1. The molecule has 0 aliphatic heterocycles. The number of carbonyl (C=O) groups is 1. The first-order chi connectivity index (χ1) is 7.70. The third kappa shape index (κ3) is 1.98. The second kappa shape index (κ2) is 4.23. The Bertz CT molecular complexity index is 537. The summed E-state index contributed by atoms with van der Waals surface area (Å²) in [5.41, 5.74) is 2.71. The number of hydrogen-bond donors (Lipinski definition) is 0. The van der Waals surface area contributed by atoms with Gasteiger partial charge in [-0.25, -0.2) is 4.39 Å². The van der Waals surface area contributed by atoms with Gasteiger partial charge in [0.2, 0.25) is 0 Å². The highest BCUT2D eigenvalue weighted by molar-refractivity contribution is 5.87. The van der Waals surface area contributed by atoms with Crippen molar-refractivity contribution in [3.05, 3.63) is 53.6 Å². The third-order valence-corrected chi connectivity index (χ3v) is 2.35. The van der Waals surface area contributed by atoms with Gasteiger partial charge < -0.3 is 0 Å². The van der Waals surface area contributed by atoms with Gasteiger partial charge in [-0.15, -0.1) is 0 Å². The van der Waals surface area contributed by atoms with E-state index in [0.29, 0.717) is 11.1 Å². The van der Waals surface area contributed by atoms with Crippen LogP contribution in [0.15, 0.2) is 36.5 Å². The summed E-state index contributed by atoms with van der Waals surface area (Å²) in [7, 11) is 0. The minimum atomic E-state index is -0.352. The number of aryl methyl sites for hydroxylation is 1. The molecule has 0 amide bonds. The highest BCUT2D eigenvalue weighted by atomic mass is 19.1. The van der Waals surface area contributed by atoms with E-state index in [9.17, 15) is 9.18 Å². The molecule has 0 spiro atoms. The van der Waals surface area contributed by atoms with Gasteiger partial charge >= 0.3 is 0 Å². The fraction of sp³-hybridized carbons (Fsp3) is 0.0769. The van der Waals surface area contributed by atoms with Gasteiger partial charge in [0.1, 0.15) is 5.82 Å². The monoisotopic (exact) mass is 215 g/mol. The molecule has 0 atom stereocenters. The summed E-state index contributed by atoms with van der Waals surface area (Å²) >= 11 is 0. The van der Waals surface area contributed by atoms with Crippen LogP contribution in [0.3, 0.4) is 0 Å². The number of hydrogen-bond acceptors (Lipinski definition) is 2. The van der Waals surface area contributed by atoms with Crippen LogP contribution in [0.5, 0.6) is 0 Å². The molecule has 1 aromatic heterocycles. The van der Waals surface area contributed by atoms with Crippen molar-refractivity contribution in [2.75, 3.05) is 0 Å². The zero-order valence-corrected chi connectivity index (χ0v) is 8.77. The quantitative estimate of drug-likeness (QED) is 0.721. The molecule has 0 saturated carbocycles. The Balaban J connectivity index is 2.62. The van der Waals surface area contributed by atoms with E-state index >= 15 is 0 Å². The Morgan fingerprint density at radius 2 is 2.06 bits per heavy atom. The highest BCUT2D eigenvalue weighted by Gasteiger charge is 2.06. The number of halogens is 1. The van der Waals surface area contributed by atoms with E-state index in [2.05, 4.69) is 4.98 Å². The summed E-state index contributed by atoms with van der Waals surface area (Å²) in [5.74, 6) is -0.352. The SMILES string of the molecule is Cc1cc(-c2cc(F)ccc2C=O)ccn1. The first-order valence-electron chi connectivity index (χ1n) is 4.88. The fourth-order valence-electron chi connectivity index (χ4n) is 1.59. The van der Waals surface area contributed by atoms with Gasteiger partial charge in [-0.3, -0.25) is 9.78 Å². The van der Waals surface area contributed by atoms with Crippen molar-refractivity contribution in [1.29, 1.82) is 0 Å². The second-order valence-corrected chi connectivity index (χ2v) is 3.54. The lowest BCUT2D eigenvalue weighted by Crippen LogP contribution is -1.90. The average Bonchev–Trinajstić information content (AvgIpc) is 2.29. The molecule has 2 rings (SSSR count). The highest BCUT2D eigenvalue weighted by Crippen LogP contribution is 2.23. The van der Waals surface area contributed by atoms with Gasteiger partial charge in [0.15, 0.2) is 6.29 Å². The number of rotatable bonds is 2. The van der Waals surface area contributed by atoms with E-state index in [4.69, 9.17) is 0 Å². The molecule has 0 aliphatic carbocycles. The molecule has 0 aliphatic rings. The predicted molar refractivity (Wildman–Crippen MR) is 59.8 cm³/mol. The van der Waals surface area contributed by atoms with Gasteiger partial charge in [0.05, 0.1) is 0 Å². The fourth-order valence-corrected chi connectivity index (χ4v) is 1.59. The summed E-state index contributed by atoms with van der Waals surface area (Å²) in [5, 5.41) is 0. The normalized spacial score (nSPS) is 10.1. The van der Waals surface area contributed by atoms with Crippen molar-refractivity contribution in [2.24, 2.45) is 0 Å². The number of aldehydes is 1. The van der Waals surface area contributed by atoms with Gasteiger partial charge in [-0.2, -0.15) is 0 Å². The van der Waals surface area contributed by atoms with Gasteiger partial charge in [-0.1, -0.05) is 0 Å². The van der Waals surface area contributed by atoms with Crippen LogP contribution in [0.2, 0.25) is 0 Å². The van der Waals surface area contributed by atoms with Crippen LogP contribution >= 0.6 is 0 Å². The second-order valence-electron chi connectivity index (χ2n) is 3.54. The van der Waals surface area contributed by atoms with Crippen molar-refractivity contribution < 1.29 is 9.18 Å². The first kappa shape index (κ1) is 10.5. The van der Waals surface area contributed by atoms with Crippen LogP contribution in [-0.4, -0.2) is 11.3 Å². The van der Waals surface area contributed by atoms with E-state index in [1.807, 2.05) is 13.0 Å². The van der Waals surface area contributed by atoms with Crippen LogP contribution in [0, 0.1) is 12.7 Å². The molecule has 0 N–H and O–H groups in total. The Labute approximate surface area is 92.8 Å². The van der Waals surface area contributed by atoms with Crippen molar-refractivity contribution in [2.45, 2.75) is 6.92 Å². The maximum Gasteiger partial charge on any atom is 0.150 e. The Hall–Kier alpha value is -2.03. The Morgan fingerprint density at radius 3 is 2.75 bits per heavy atom. The summed E-state index contributed by atoms with van der Waals surface area (Å²) in [4.78, 5) is 14.9. The standard InChI is InChI=1S/C13H10FNO/c1-9-6-10(4-5-15-9)13-7-12(14)3-2-11(13)8-16/h2-8H,1H3. The van der Waals surface area contributed by atoms with Crippen LogP contribution in [0.25, 0.3) is 11.1 Å². The van der Waals surface area contributed by atoms with Gasteiger partial charge in [0, 0.05) is 17.5 Å². The summed E-state index contributed by atoms with van der Waals surface area (Å²) in [6.07, 6.45) is 2.37. The molecule has 2 nitrogen and oxygen atoms in total. The molecule has 1 heterocycles. The minimum Gasteiger partial charge on any atom is -0.298 e. The zero-order valence-electron chi connectivity index (χ0n) is 8.77. The molecule has 1 aromatic carbocycles. The maximum absolute atomic E-state index is 13.1. The number of aromatic nitrogens is 1. The molecular formula is C13H10FNO. The lowest BCUT2D eigenvalue weighted by Gasteiger charge is -2.05. The first-order valence-corrected chi connectivity index (χ1v) is 4.88. The smallest absolute Gasteiger partial charge is 0.150 e.